The lowest BCUT2D eigenvalue weighted by molar-refractivity contribution is 0.601. The van der Waals surface area contributed by atoms with Crippen molar-refractivity contribution >= 4 is 32.8 Å². The summed E-state index contributed by atoms with van der Waals surface area (Å²) in [4.78, 5) is 0. The van der Waals surface area contributed by atoms with Gasteiger partial charge in [0, 0.05) is 5.75 Å². The third-order valence-corrected chi connectivity index (χ3v) is 5.20. The van der Waals surface area contributed by atoms with E-state index in [4.69, 9.17) is 0 Å². The molecule has 0 rings (SSSR count). The normalized spacial score (nSPS) is 13.1. The molecular weight excluding hydrogens is 256 g/mol. The minimum absolute atomic E-state index is 0.596. The zero-order chi connectivity index (χ0) is 12.1. The van der Waals surface area contributed by atoms with Gasteiger partial charge in [0.25, 0.3) is 0 Å². The first-order chi connectivity index (χ1) is 7.81. The van der Waals surface area contributed by atoms with Crippen LogP contribution < -0.4 is 0 Å². The van der Waals surface area contributed by atoms with Crippen LogP contribution in [0, 0.1) is 0 Å². The molecule has 16 heavy (non-hydrogen) atoms. The summed E-state index contributed by atoms with van der Waals surface area (Å²) in [6.07, 6.45) is 9.00. The molecular formula is C12H22OS3. The van der Waals surface area contributed by atoms with Gasteiger partial charge in [-0.15, -0.1) is 0 Å². The number of unbranched alkanes of at least 4 members (excludes halogenated alkanes) is 3. The van der Waals surface area contributed by atoms with Crippen molar-refractivity contribution in [3.8, 4) is 0 Å². The molecule has 0 saturated heterocycles. The molecule has 0 aromatic heterocycles. The van der Waals surface area contributed by atoms with E-state index in [-0.39, 0.29) is 0 Å². The van der Waals surface area contributed by atoms with Gasteiger partial charge in [0.1, 0.15) is 11.5 Å². The fourth-order valence-corrected chi connectivity index (χ4v) is 3.68. The van der Waals surface area contributed by atoms with Crippen LogP contribution in [0.5, 0.6) is 0 Å². The summed E-state index contributed by atoms with van der Waals surface area (Å²) in [5.74, 6) is 2.46. The van der Waals surface area contributed by atoms with Gasteiger partial charge in [-0.2, -0.15) is 0 Å². The van der Waals surface area contributed by atoms with Crippen LogP contribution >= 0.6 is 21.6 Å². The maximum absolute atomic E-state index is 11.2. The van der Waals surface area contributed by atoms with Gasteiger partial charge < -0.3 is 4.55 Å². The summed E-state index contributed by atoms with van der Waals surface area (Å²) < 4.78 is 11.2. The molecule has 0 spiro atoms. The van der Waals surface area contributed by atoms with E-state index in [1.807, 2.05) is 22.3 Å². The van der Waals surface area contributed by atoms with E-state index in [2.05, 4.69) is 13.5 Å². The van der Waals surface area contributed by atoms with E-state index in [0.717, 1.165) is 0 Å². The first-order valence-corrected chi connectivity index (χ1v) is 9.57. The van der Waals surface area contributed by atoms with Gasteiger partial charge in [0.2, 0.25) is 0 Å². The zero-order valence-corrected chi connectivity index (χ0v) is 12.5. The standard InChI is InChI=1S/C12H22OS3/c1-3-5-6-7-9-14-15-10-8-12-16(13)11-4-2/h4,8,10H,2-3,5-7,9,11-12H2,1H3/b10-8-. The molecule has 0 aliphatic heterocycles. The first kappa shape index (κ1) is 16.5. The van der Waals surface area contributed by atoms with Gasteiger partial charge in [-0.05, 0) is 35.2 Å². The Kier molecular flexibility index (Phi) is 14.0. The number of rotatable bonds is 11. The molecule has 0 N–H and O–H groups in total. The van der Waals surface area contributed by atoms with Crippen molar-refractivity contribution in [2.75, 3.05) is 17.3 Å². The zero-order valence-electron chi connectivity index (χ0n) is 10.0. The average molecular weight is 279 g/mol. The van der Waals surface area contributed by atoms with Crippen molar-refractivity contribution in [1.82, 2.24) is 0 Å². The van der Waals surface area contributed by atoms with Crippen molar-refractivity contribution in [3.05, 3.63) is 24.1 Å². The monoisotopic (exact) mass is 278 g/mol. The molecule has 0 radical (unpaired) electrons. The van der Waals surface area contributed by atoms with Crippen molar-refractivity contribution in [1.29, 1.82) is 0 Å². The van der Waals surface area contributed by atoms with Crippen LogP contribution in [0.15, 0.2) is 24.1 Å². The van der Waals surface area contributed by atoms with Gasteiger partial charge in [-0.1, -0.05) is 54.4 Å². The third-order valence-electron chi connectivity index (χ3n) is 1.89. The summed E-state index contributed by atoms with van der Waals surface area (Å²) in [5.41, 5.74) is 0. The summed E-state index contributed by atoms with van der Waals surface area (Å²) in [7, 11) is 3.63. The largest absolute Gasteiger partial charge is 0.616 e. The molecule has 0 heterocycles. The van der Waals surface area contributed by atoms with Crippen molar-refractivity contribution < 1.29 is 4.55 Å². The molecule has 0 aromatic carbocycles. The van der Waals surface area contributed by atoms with Gasteiger partial charge in [0.15, 0.2) is 0 Å². The van der Waals surface area contributed by atoms with Crippen LogP contribution in [0.3, 0.4) is 0 Å². The molecule has 0 fully saturated rings. The third kappa shape index (κ3) is 12.6. The van der Waals surface area contributed by atoms with E-state index in [1.54, 1.807) is 16.9 Å². The van der Waals surface area contributed by atoms with E-state index < -0.39 is 11.2 Å². The quantitative estimate of drug-likeness (QED) is 0.242. The summed E-state index contributed by atoms with van der Waals surface area (Å²) in [6, 6.07) is 0. The second-order valence-corrected chi connectivity index (χ2v) is 7.35. The summed E-state index contributed by atoms with van der Waals surface area (Å²) >= 11 is -0.759. The highest BCUT2D eigenvalue weighted by atomic mass is 33.1. The predicted molar refractivity (Wildman–Crippen MR) is 81.4 cm³/mol. The molecule has 0 saturated carbocycles. The van der Waals surface area contributed by atoms with Gasteiger partial charge in [-0.3, -0.25) is 0 Å². The van der Waals surface area contributed by atoms with E-state index in [0.29, 0.717) is 11.5 Å². The lowest BCUT2D eigenvalue weighted by atomic mass is 10.2. The fourth-order valence-electron chi connectivity index (χ4n) is 1.06. The van der Waals surface area contributed by atoms with E-state index >= 15 is 0 Å². The van der Waals surface area contributed by atoms with Crippen LogP contribution in [0.2, 0.25) is 0 Å². The lowest BCUT2D eigenvalue weighted by Crippen LogP contribution is -2.06. The van der Waals surface area contributed by atoms with Crippen LogP contribution in [-0.4, -0.2) is 21.8 Å². The Bertz CT molecular complexity index is 183. The molecule has 0 aromatic rings. The summed E-state index contributed by atoms with van der Waals surface area (Å²) in [5, 5.41) is 2.05. The van der Waals surface area contributed by atoms with Gasteiger partial charge in [-0.25, -0.2) is 0 Å². The molecule has 0 bridgehead atoms. The van der Waals surface area contributed by atoms with Crippen LogP contribution in [0.4, 0.5) is 0 Å². The predicted octanol–water partition coefficient (Wildman–Crippen LogP) is 4.40. The van der Waals surface area contributed by atoms with Crippen LogP contribution in [0.25, 0.3) is 0 Å². The average Bonchev–Trinajstić information content (AvgIpc) is 2.27. The minimum atomic E-state index is -0.759. The second-order valence-electron chi connectivity index (χ2n) is 3.41. The Morgan fingerprint density at radius 2 is 2.06 bits per heavy atom. The minimum Gasteiger partial charge on any atom is -0.616 e. The molecule has 0 amide bonds. The molecule has 1 nitrogen and oxygen atoms in total. The smallest absolute Gasteiger partial charge is 0.124 e. The molecule has 0 aliphatic carbocycles. The highest BCUT2D eigenvalue weighted by Gasteiger charge is 1.97. The maximum Gasteiger partial charge on any atom is 0.124 e. The molecule has 1 atom stereocenters. The Balaban J connectivity index is 3.18. The molecule has 0 aliphatic rings. The second kappa shape index (κ2) is 13.6. The van der Waals surface area contributed by atoms with Crippen molar-refractivity contribution in [2.45, 2.75) is 32.6 Å². The van der Waals surface area contributed by atoms with E-state index in [1.165, 1.54) is 31.4 Å². The maximum atomic E-state index is 11.2. The molecule has 94 valence electrons. The highest BCUT2D eigenvalue weighted by molar-refractivity contribution is 8.77. The van der Waals surface area contributed by atoms with Crippen molar-refractivity contribution in [3.63, 3.8) is 0 Å². The Labute approximate surface area is 111 Å². The highest BCUT2D eigenvalue weighted by Crippen LogP contribution is 2.23. The lowest BCUT2D eigenvalue weighted by Gasteiger charge is -2.04. The van der Waals surface area contributed by atoms with E-state index in [9.17, 15) is 4.55 Å². The molecule has 4 heteroatoms. The Morgan fingerprint density at radius 3 is 2.75 bits per heavy atom. The van der Waals surface area contributed by atoms with Crippen LogP contribution in [0.1, 0.15) is 32.6 Å². The number of hydrogen-bond acceptors (Lipinski definition) is 3. The van der Waals surface area contributed by atoms with Gasteiger partial charge >= 0.3 is 0 Å². The SMILES string of the molecule is C=CC[S+]([O-])C/C=C\SSCCCCCC. The van der Waals surface area contributed by atoms with Gasteiger partial charge in [0.05, 0.1) is 0 Å². The first-order valence-electron chi connectivity index (χ1n) is 5.70. The molecule has 1 unspecified atom stereocenters. The topological polar surface area (TPSA) is 23.1 Å². The Morgan fingerprint density at radius 1 is 1.25 bits per heavy atom. The summed E-state index contributed by atoms with van der Waals surface area (Å²) in [6.45, 7) is 5.80. The Hall–Kier alpha value is 0.490. The van der Waals surface area contributed by atoms with Crippen LogP contribution in [-0.2, 0) is 11.2 Å². The fraction of sp³-hybridized carbons (Fsp3) is 0.667. The van der Waals surface area contributed by atoms with Crippen molar-refractivity contribution in [2.24, 2.45) is 0 Å². The number of hydrogen-bond donors (Lipinski definition) is 0.